The van der Waals surface area contributed by atoms with E-state index in [1.165, 1.54) is 43.2 Å². The molecule has 6 aromatic rings. The molecule has 0 saturated carbocycles. The highest BCUT2D eigenvalue weighted by atomic mass is 28.4. The molecular formula is C58H92N6O3Si6. The number of hydrogen-bond donors (Lipinski definition) is 6. The largest absolute Gasteiger partial charge is 0.455 e. The van der Waals surface area contributed by atoms with Crippen molar-refractivity contribution in [1.29, 1.82) is 0 Å². The summed E-state index contributed by atoms with van der Waals surface area (Å²) in [5, 5.41) is 7.79. The van der Waals surface area contributed by atoms with E-state index in [0.29, 0.717) is 13.1 Å². The Hall–Kier alpha value is -4.06. The molecule has 0 aliphatic carbocycles. The van der Waals surface area contributed by atoms with Crippen LogP contribution in [0.5, 0.6) is 0 Å². The molecule has 0 bridgehead atoms. The third-order valence-electron chi connectivity index (χ3n) is 13.7. The Morgan fingerprint density at radius 3 is 0.863 bits per heavy atom. The highest BCUT2D eigenvalue weighted by Gasteiger charge is 2.50. The molecule has 0 aliphatic rings. The van der Waals surface area contributed by atoms with Gasteiger partial charge in [0.15, 0.2) is 16.6 Å². The van der Waals surface area contributed by atoms with Gasteiger partial charge in [-0.3, -0.25) is 0 Å². The lowest BCUT2D eigenvalue weighted by Gasteiger charge is -2.43. The van der Waals surface area contributed by atoms with E-state index in [9.17, 15) is 0 Å². The summed E-state index contributed by atoms with van der Waals surface area (Å²) >= 11 is 0. The van der Waals surface area contributed by atoms with Gasteiger partial charge in [-0.2, -0.15) is 0 Å². The standard InChI is InChI=1S/C30H36N2OSi2.C18H28N2OSi2.C10H28N2OSi2/c31-23-13-25-34(27-15-5-1-6-16-27,28-17-7-2-8-18-28)33-35(26-14-24-32,29-19-9-3-10-20-29)30-21-11-4-12-22-30;1-13-11-15(7-9-17(13)19)22(3,4)21-23(5,6)16-8-10-18(20)14(2)12-16;1-14(2,9-5-7-11)13-15(3,4)10-6-8-12/h1-12,15-22H,13-14,23-26,31-32H2;7-12H,19-20H2,1-6H3;5-12H2,1-4H3. The normalized spacial score (nSPS) is 12.4. The van der Waals surface area contributed by atoms with Crippen molar-refractivity contribution >= 4 is 92.4 Å². The van der Waals surface area contributed by atoms with Crippen LogP contribution >= 0.6 is 0 Å². The van der Waals surface area contributed by atoms with E-state index in [1.54, 1.807) is 0 Å². The van der Waals surface area contributed by atoms with Crippen molar-refractivity contribution in [3.8, 4) is 0 Å². The summed E-state index contributed by atoms with van der Waals surface area (Å²) in [5.41, 5.74) is 39.1. The molecule has 15 heteroatoms. The lowest BCUT2D eigenvalue weighted by molar-refractivity contribution is 0.531. The van der Waals surface area contributed by atoms with E-state index in [0.717, 1.165) is 73.4 Å². The molecule has 0 saturated heterocycles. The van der Waals surface area contributed by atoms with Gasteiger partial charge in [-0.25, -0.2) is 0 Å². The smallest absolute Gasteiger partial charge is 0.245 e. The van der Waals surface area contributed by atoms with Crippen LogP contribution in [0.1, 0.15) is 36.8 Å². The van der Waals surface area contributed by atoms with Gasteiger partial charge in [0.2, 0.25) is 33.3 Å². The van der Waals surface area contributed by atoms with Crippen molar-refractivity contribution in [3.05, 3.63) is 169 Å². The Morgan fingerprint density at radius 2 is 0.603 bits per heavy atom. The van der Waals surface area contributed by atoms with Crippen molar-refractivity contribution in [2.75, 3.05) is 37.6 Å². The summed E-state index contributed by atoms with van der Waals surface area (Å²) in [6.45, 7) is 25.2. The van der Waals surface area contributed by atoms with Gasteiger partial charge in [-0.1, -0.05) is 146 Å². The second-order valence-corrected chi connectivity index (χ2v) is 46.0. The second-order valence-electron chi connectivity index (χ2n) is 21.7. The Kier molecular flexibility index (Phi) is 24.2. The van der Waals surface area contributed by atoms with E-state index in [-0.39, 0.29) is 0 Å². The van der Waals surface area contributed by atoms with Gasteiger partial charge in [0.1, 0.15) is 0 Å². The van der Waals surface area contributed by atoms with E-state index in [1.807, 2.05) is 12.1 Å². The molecule has 0 atom stereocenters. The van der Waals surface area contributed by atoms with Crippen molar-refractivity contribution in [2.45, 2.75) is 116 Å². The van der Waals surface area contributed by atoms with Crippen molar-refractivity contribution in [2.24, 2.45) is 22.9 Å². The van der Waals surface area contributed by atoms with E-state index >= 15 is 0 Å². The lowest BCUT2D eigenvalue weighted by Crippen LogP contribution is -2.73. The van der Waals surface area contributed by atoms with E-state index in [4.69, 9.17) is 46.7 Å². The minimum absolute atomic E-state index is 0.645. The molecule has 0 amide bonds. The average Bonchev–Trinajstić information content (AvgIpc) is 3.37. The van der Waals surface area contributed by atoms with Crippen LogP contribution in [0.2, 0.25) is 76.6 Å². The van der Waals surface area contributed by atoms with Crippen LogP contribution in [-0.2, 0) is 12.3 Å². The van der Waals surface area contributed by atoms with Crippen LogP contribution in [-0.4, -0.2) is 76.1 Å². The molecule has 0 unspecified atom stereocenters. The molecule has 0 aromatic heterocycles. The highest BCUT2D eigenvalue weighted by molar-refractivity contribution is 7.09. The van der Waals surface area contributed by atoms with E-state index in [2.05, 4.69) is 212 Å². The minimum Gasteiger partial charge on any atom is -0.455 e. The zero-order valence-electron chi connectivity index (χ0n) is 46.2. The summed E-state index contributed by atoms with van der Waals surface area (Å²) in [6.07, 6.45) is 4.03. The Balaban J connectivity index is 0.000000262. The average molecular weight is 1090 g/mol. The molecule has 6 aromatic carbocycles. The summed E-state index contributed by atoms with van der Waals surface area (Å²) in [7, 11) is -12.3. The van der Waals surface area contributed by atoms with Crippen LogP contribution in [0, 0.1) is 13.8 Å². The molecule has 12 N–H and O–H groups in total. The second kappa shape index (κ2) is 28.7. The number of nitrogen functional groups attached to an aromatic ring is 2. The van der Waals surface area contributed by atoms with Crippen LogP contribution in [0.4, 0.5) is 11.4 Å². The quantitative estimate of drug-likeness (QED) is 0.0256. The first-order valence-electron chi connectivity index (χ1n) is 26.5. The fourth-order valence-corrected chi connectivity index (χ4v) is 38.1. The molecule has 6 rings (SSSR count). The third kappa shape index (κ3) is 18.0. The van der Waals surface area contributed by atoms with Crippen LogP contribution in [0.25, 0.3) is 0 Å². The summed E-state index contributed by atoms with van der Waals surface area (Å²) in [6, 6.07) is 60.3. The van der Waals surface area contributed by atoms with Gasteiger partial charge in [-0.05, 0) is 197 Å². The number of nitrogens with two attached hydrogens (primary N) is 6. The van der Waals surface area contributed by atoms with Crippen LogP contribution in [0.15, 0.2) is 158 Å². The maximum absolute atomic E-state index is 7.94. The molecule has 0 heterocycles. The minimum atomic E-state index is -2.68. The third-order valence-corrected chi connectivity index (χ3v) is 38.7. The first-order valence-corrected chi connectivity index (χ1v) is 42.7. The Labute approximate surface area is 447 Å². The number of rotatable bonds is 24. The topological polar surface area (TPSA) is 184 Å². The van der Waals surface area contributed by atoms with Gasteiger partial charge >= 0.3 is 0 Å². The molecular weight excluding hydrogens is 997 g/mol. The molecule has 0 spiro atoms. The van der Waals surface area contributed by atoms with Crippen LogP contribution < -0.4 is 65.5 Å². The van der Waals surface area contributed by atoms with Gasteiger partial charge in [0, 0.05) is 11.4 Å². The number of anilines is 2. The summed E-state index contributed by atoms with van der Waals surface area (Å²) in [4.78, 5) is 0. The number of aryl methyl sites for hydroxylation is 2. The fourth-order valence-electron chi connectivity index (χ4n) is 9.84. The SMILES string of the molecule is C[Si](C)(CCCN)O[Si](C)(C)CCCN.Cc1cc([Si](C)(C)O[Si](C)(C)c2ccc(N)c(C)c2)ccc1N.NCCC[Si](O[Si](CCCN)(c1ccccc1)c1ccccc1)(c1ccccc1)c1ccccc1. The molecule has 0 radical (unpaired) electrons. The van der Waals surface area contributed by atoms with Gasteiger partial charge < -0.3 is 46.7 Å². The first-order chi connectivity index (χ1) is 34.6. The summed E-state index contributed by atoms with van der Waals surface area (Å²) < 4.78 is 21.1. The lowest BCUT2D eigenvalue weighted by atomic mass is 10.2. The zero-order chi connectivity index (χ0) is 53.8. The van der Waals surface area contributed by atoms with Crippen molar-refractivity contribution in [3.63, 3.8) is 0 Å². The van der Waals surface area contributed by atoms with Crippen LogP contribution in [0.3, 0.4) is 0 Å². The maximum Gasteiger partial charge on any atom is 0.245 e. The zero-order valence-corrected chi connectivity index (χ0v) is 52.2. The first kappa shape index (κ1) is 61.5. The van der Waals surface area contributed by atoms with Gasteiger partial charge in [-0.15, -0.1) is 0 Å². The Bertz CT molecular complexity index is 2270. The Morgan fingerprint density at radius 1 is 0.329 bits per heavy atom. The molecule has 73 heavy (non-hydrogen) atoms. The maximum atomic E-state index is 7.94. The van der Waals surface area contributed by atoms with Crippen molar-refractivity contribution < 1.29 is 12.3 Å². The van der Waals surface area contributed by atoms with Crippen molar-refractivity contribution in [1.82, 2.24) is 0 Å². The molecule has 9 nitrogen and oxygen atoms in total. The van der Waals surface area contributed by atoms with Gasteiger partial charge in [0.25, 0.3) is 0 Å². The highest BCUT2D eigenvalue weighted by Crippen LogP contribution is 2.27. The fraction of sp³-hybridized carbons (Fsp3) is 0.379. The predicted octanol–water partition coefficient (Wildman–Crippen LogP) is 8.34. The summed E-state index contributed by atoms with van der Waals surface area (Å²) in [5.74, 6) is 0. The van der Waals surface area contributed by atoms with E-state index < -0.39 is 49.9 Å². The molecule has 396 valence electrons. The number of benzene rings is 6. The predicted molar refractivity (Wildman–Crippen MR) is 333 cm³/mol. The molecule has 0 fully saturated rings. The monoisotopic (exact) mass is 1090 g/mol. The van der Waals surface area contributed by atoms with Gasteiger partial charge in [0.05, 0.1) is 0 Å². The number of hydrogen-bond acceptors (Lipinski definition) is 9. The molecule has 0 aliphatic heterocycles.